The summed E-state index contributed by atoms with van der Waals surface area (Å²) < 4.78 is 7.01. The number of nitrogens with zero attached hydrogens (tertiary/aromatic N) is 4. The van der Waals surface area contributed by atoms with E-state index in [-0.39, 0.29) is 18.0 Å². The van der Waals surface area contributed by atoms with Crippen LogP contribution in [0.5, 0.6) is 0 Å². The van der Waals surface area contributed by atoms with Crippen molar-refractivity contribution in [3.05, 3.63) is 57.9 Å². The van der Waals surface area contributed by atoms with Gasteiger partial charge in [-0.05, 0) is 32.0 Å². The molecule has 0 saturated carbocycles. The fraction of sp³-hybridized carbons (Fsp3) is 0.368. The molecule has 1 amide bonds. The van der Waals surface area contributed by atoms with Gasteiger partial charge in [-0.25, -0.2) is 4.98 Å². The quantitative estimate of drug-likeness (QED) is 0.640. The summed E-state index contributed by atoms with van der Waals surface area (Å²) in [6, 6.07) is 8.87. The molecule has 0 unspecified atom stereocenters. The maximum absolute atomic E-state index is 12.9. The molecule has 0 aliphatic heterocycles. The van der Waals surface area contributed by atoms with Crippen LogP contribution in [0.3, 0.4) is 0 Å². The molecule has 8 nitrogen and oxygen atoms in total. The highest BCUT2D eigenvalue weighted by Crippen LogP contribution is 2.10. The van der Waals surface area contributed by atoms with E-state index < -0.39 is 0 Å². The van der Waals surface area contributed by atoms with Gasteiger partial charge in [-0.15, -0.1) is 0 Å². The van der Waals surface area contributed by atoms with Crippen LogP contribution in [0.1, 0.15) is 28.9 Å². The Bertz CT molecular complexity index is 1010. The molecule has 3 aromatic rings. The summed E-state index contributed by atoms with van der Waals surface area (Å²) in [5.74, 6) is 0.245. The SMILES string of the molecule is CCOCCn1nc(C)cc1C(=O)N(C)Cc1nc2ccccc2c(=O)[nH]1. The summed E-state index contributed by atoms with van der Waals surface area (Å²) >= 11 is 0. The molecule has 142 valence electrons. The van der Waals surface area contributed by atoms with Crippen LogP contribution in [0.25, 0.3) is 10.9 Å². The molecular weight excluding hydrogens is 346 g/mol. The highest BCUT2D eigenvalue weighted by Gasteiger charge is 2.19. The number of aromatic amines is 1. The minimum absolute atomic E-state index is 0.189. The Hall–Kier alpha value is -3.00. The van der Waals surface area contributed by atoms with Crippen LogP contribution in [0.4, 0.5) is 0 Å². The number of hydrogen-bond donors (Lipinski definition) is 1. The molecule has 0 aliphatic rings. The molecule has 1 N–H and O–H groups in total. The minimum atomic E-state index is -0.214. The molecule has 2 heterocycles. The molecule has 0 fully saturated rings. The van der Waals surface area contributed by atoms with Gasteiger partial charge >= 0.3 is 0 Å². The van der Waals surface area contributed by atoms with E-state index in [1.807, 2.05) is 19.9 Å². The van der Waals surface area contributed by atoms with Crippen LogP contribution in [0.2, 0.25) is 0 Å². The van der Waals surface area contributed by atoms with Crippen molar-refractivity contribution in [3.63, 3.8) is 0 Å². The van der Waals surface area contributed by atoms with Crippen LogP contribution in [0.15, 0.2) is 35.1 Å². The summed E-state index contributed by atoms with van der Waals surface area (Å²) in [7, 11) is 1.67. The number of aromatic nitrogens is 4. The van der Waals surface area contributed by atoms with Gasteiger partial charge < -0.3 is 14.6 Å². The van der Waals surface area contributed by atoms with Gasteiger partial charge in [-0.1, -0.05) is 12.1 Å². The number of aryl methyl sites for hydroxylation is 1. The lowest BCUT2D eigenvalue weighted by molar-refractivity contribution is 0.0763. The van der Waals surface area contributed by atoms with Gasteiger partial charge in [0.05, 0.1) is 36.3 Å². The number of benzene rings is 1. The zero-order chi connectivity index (χ0) is 19.4. The number of carbonyl (C=O) groups is 1. The Morgan fingerprint density at radius 2 is 2.11 bits per heavy atom. The fourth-order valence-electron chi connectivity index (χ4n) is 2.89. The Morgan fingerprint density at radius 1 is 1.33 bits per heavy atom. The number of H-pyrrole nitrogens is 1. The van der Waals surface area contributed by atoms with E-state index in [1.165, 1.54) is 4.90 Å². The van der Waals surface area contributed by atoms with Crippen molar-refractivity contribution >= 4 is 16.8 Å². The molecular formula is C19H23N5O3. The number of hydrogen-bond acceptors (Lipinski definition) is 5. The summed E-state index contributed by atoms with van der Waals surface area (Å²) in [6.07, 6.45) is 0. The number of rotatable bonds is 7. The van der Waals surface area contributed by atoms with E-state index in [2.05, 4.69) is 15.1 Å². The van der Waals surface area contributed by atoms with Gasteiger partial charge in [0.2, 0.25) is 0 Å². The van der Waals surface area contributed by atoms with E-state index >= 15 is 0 Å². The minimum Gasteiger partial charge on any atom is -0.380 e. The van der Waals surface area contributed by atoms with Crippen LogP contribution in [0, 0.1) is 6.92 Å². The molecule has 0 aliphatic carbocycles. The fourth-order valence-corrected chi connectivity index (χ4v) is 2.89. The lowest BCUT2D eigenvalue weighted by Crippen LogP contribution is -2.30. The predicted octanol–water partition coefficient (Wildman–Crippen LogP) is 1.74. The topological polar surface area (TPSA) is 93.1 Å². The van der Waals surface area contributed by atoms with E-state index in [0.717, 1.165) is 5.69 Å². The summed E-state index contributed by atoms with van der Waals surface area (Å²) in [6.45, 7) is 5.56. The second-order valence-corrected chi connectivity index (χ2v) is 6.28. The number of ether oxygens (including phenoxy) is 1. The Balaban J connectivity index is 1.79. The number of para-hydroxylation sites is 1. The first-order valence-corrected chi connectivity index (χ1v) is 8.85. The molecule has 1 aromatic carbocycles. The van der Waals surface area contributed by atoms with E-state index in [1.54, 1.807) is 36.0 Å². The van der Waals surface area contributed by atoms with Crippen molar-refractivity contribution in [2.75, 3.05) is 20.3 Å². The molecule has 0 bridgehead atoms. The van der Waals surface area contributed by atoms with Crippen molar-refractivity contribution in [1.82, 2.24) is 24.6 Å². The maximum Gasteiger partial charge on any atom is 0.272 e. The van der Waals surface area contributed by atoms with Gasteiger partial charge in [0, 0.05) is 13.7 Å². The van der Waals surface area contributed by atoms with Crippen molar-refractivity contribution < 1.29 is 9.53 Å². The van der Waals surface area contributed by atoms with Crippen LogP contribution >= 0.6 is 0 Å². The zero-order valence-corrected chi connectivity index (χ0v) is 15.7. The Labute approximate surface area is 156 Å². The average molecular weight is 369 g/mol. The van der Waals surface area contributed by atoms with Crippen LogP contribution in [-0.2, 0) is 17.8 Å². The number of amides is 1. The molecule has 3 rings (SSSR count). The smallest absolute Gasteiger partial charge is 0.272 e. The van der Waals surface area contributed by atoms with Gasteiger partial charge in [0.15, 0.2) is 0 Å². The number of carbonyl (C=O) groups excluding carboxylic acids is 1. The summed E-state index contributed by atoms with van der Waals surface area (Å²) in [4.78, 5) is 33.8. The highest BCUT2D eigenvalue weighted by molar-refractivity contribution is 5.92. The summed E-state index contributed by atoms with van der Waals surface area (Å²) in [5.41, 5.74) is 1.64. The first-order valence-electron chi connectivity index (χ1n) is 8.85. The van der Waals surface area contributed by atoms with E-state index in [4.69, 9.17) is 4.74 Å². The molecule has 8 heteroatoms. The van der Waals surface area contributed by atoms with Gasteiger partial charge in [0.1, 0.15) is 11.5 Å². The van der Waals surface area contributed by atoms with Gasteiger partial charge in [0.25, 0.3) is 11.5 Å². The first-order chi connectivity index (χ1) is 13.0. The second-order valence-electron chi connectivity index (χ2n) is 6.28. The third-order valence-corrected chi connectivity index (χ3v) is 4.17. The Kier molecular flexibility index (Phi) is 5.66. The maximum atomic E-state index is 12.9. The monoisotopic (exact) mass is 369 g/mol. The third kappa shape index (κ3) is 4.22. The molecule has 0 atom stereocenters. The largest absolute Gasteiger partial charge is 0.380 e. The normalized spacial score (nSPS) is 11.1. The number of nitrogens with one attached hydrogen (secondary N) is 1. The second kappa shape index (κ2) is 8.13. The lowest BCUT2D eigenvalue weighted by Gasteiger charge is -2.17. The molecule has 0 saturated heterocycles. The van der Waals surface area contributed by atoms with Crippen molar-refractivity contribution in [3.8, 4) is 0 Å². The van der Waals surface area contributed by atoms with Crippen molar-refractivity contribution in [1.29, 1.82) is 0 Å². The standard InChI is InChI=1S/C19H23N5O3/c1-4-27-10-9-24-16(11-13(2)22-24)19(26)23(3)12-17-20-15-8-6-5-7-14(15)18(25)21-17/h5-8,11H,4,9-10,12H2,1-3H3,(H,20,21,25). The van der Waals surface area contributed by atoms with Crippen LogP contribution in [-0.4, -0.2) is 50.8 Å². The predicted molar refractivity (Wildman–Crippen MR) is 102 cm³/mol. The third-order valence-electron chi connectivity index (χ3n) is 4.17. The lowest BCUT2D eigenvalue weighted by atomic mass is 10.2. The van der Waals surface area contributed by atoms with E-state index in [9.17, 15) is 9.59 Å². The first kappa shape index (κ1) is 18.8. The summed E-state index contributed by atoms with van der Waals surface area (Å²) in [5, 5.41) is 4.89. The highest BCUT2D eigenvalue weighted by atomic mass is 16.5. The van der Waals surface area contributed by atoms with Crippen molar-refractivity contribution in [2.45, 2.75) is 26.9 Å². The average Bonchev–Trinajstić information content (AvgIpc) is 3.02. The molecule has 0 spiro atoms. The molecule has 0 radical (unpaired) electrons. The molecule has 2 aromatic heterocycles. The molecule has 27 heavy (non-hydrogen) atoms. The van der Waals surface area contributed by atoms with Crippen LogP contribution < -0.4 is 5.56 Å². The Morgan fingerprint density at radius 3 is 2.89 bits per heavy atom. The number of fused-ring (bicyclic) bond motifs is 1. The zero-order valence-electron chi connectivity index (χ0n) is 15.7. The van der Waals surface area contributed by atoms with E-state index in [0.29, 0.717) is 42.2 Å². The van der Waals surface area contributed by atoms with Crippen molar-refractivity contribution in [2.24, 2.45) is 0 Å². The van der Waals surface area contributed by atoms with Gasteiger partial charge in [-0.3, -0.25) is 14.3 Å². The van der Waals surface area contributed by atoms with Gasteiger partial charge in [-0.2, -0.15) is 5.10 Å².